The maximum Gasteiger partial charge on any atom is 0.335 e. The molecule has 0 amide bonds. The molecule has 0 aliphatic heterocycles. The molecule has 7 N–H and O–H groups in total. The van der Waals surface area contributed by atoms with Gasteiger partial charge in [0, 0.05) is 6.08 Å². The maximum atomic E-state index is 11.0. The lowest BCUT2D eigenvalue weighted by molar-refractivity contribution is -0.146. The molecule has 0 spiro atoms. The number of rotatable bonds is 8. The van der Waals surface area contributed by atoms with Gasteiger partial charge in [-0.05, 0) is 0 Å². The fraction of sp³-hybridized carbons (Fsp3) is 0.538. The lowest BCUT2D eigenvalue weighted by Gasteiger charge is -2.28. The number of methoxy groups -OCH3 is 1. The number of ether oxygens (including phenoxy) is 1. The third-order valence-electron chi connectivity index (χ3n) is 2.58. The molecule has 0 aromatic rings. The summed E-state index contributed by atoms with van der Waals surface area (Å²) in [6.45, 7) is 5.28. The number of esters is 1. The summed E-state index contributed by atoms with van der Waals surface area (Å²) < 4.78 is 4.25. The quantitative estimate of drug-likeness (QED) is 0.175. The molecular weight excluding hydrogens is 316 g/mol. The van der Waals surface area contributed by atoms with Gasteiger partial charge in [0.05, 0.1) is 19.3 Å². The standard InChI is InChI=1S/C10H18O8.C3H4O2/c1-4(10(17)18-2)6(13)8(15)9(16)7(14)5(12)3-11;1-2-3(4)5/h5-9,11-16H,1,3H2,2H3;2H,1H2,(H,4,5)/t5-,6?,7-,8+,9+;/m1./s1. The van der Waals surface area contributed by atoms with Gasteiger partial charge in [-0.3, -0.25) is 0 Å². The second-order valence-electron chi connectivity index (χ2n) is 4.23. The van der Waals surface area contributed by atoms with Crippen molar-refractivity contribution in [3.63, 3.8) is 0 Å². The van der Waals surface area contributed by atoms with Crippen LogP contribution in [0.4, 0.5) is 0 Å². The van der Waals surface area contributed by atoms with Gasteiger partial charge >= 0.3 is 11.9 Å². The fourth-order valence-corrected chi connectivity index (χ4v) is 1.18. The van der Waals surface area contributed by atoms with E-state index in [2.05, 4.69) is 17.9 Å². The molecule has 0 bridgehead atoms. The Morgan fingerprint density at radius 3 is 1.83 bits per heavy atom. The average molecular weight is 338 g/mol. The third-order valence-corrected chi connectivity index (χ3v) is 2.58. The van der Waals surface area contributed by atoms with Crippen LogP contribution in [0.2, 0.25) is 0 Å². The summed E-state index contributed by atoms with van der Waals surface area (Å²) in [5.74, 6) is -1.98. The molecule has 0 aliphatic carbocycles. The van der Waals surface area contributed by atoms with Crippen molar-refractivity contribution in [3.05, 3.63) is 24.8 Å². The summed E-state index contributed by atoms with van der Waals surface area (Å²) in [5, 5.41) is 62.9. The molecule has 0 aromatic carbocycles. The number of carboxylic acid groups (broad SMARTS) is 1. The average Bonchev–Trinajstić information content (AvgIpc) is 2.56. The summed E-state index contributed by atoms with van der Waals surface area (Å²) in [5.41, 5.74) is -0.519. The summed E-state index contributed by atoms with van der Waals surface area (Å²) in [6, 6.07) is 0. The van der Waals surface area contributed by atoms with Gasteiger partial charge in [-0.15, -0.1) is 0 Å². The predicted octanol–water partition coefficient (Wildman–Crippen LogP) is -3.23. The number of hydrogen-bond acceptors (Lipinski definition) is 9. The Morgan fingerprint density at radius 1 is 1.09 bits per heavy atom. The van der Waals surface area contributed by atoms with Crippen LogP contribution in [0.25, 0.3) is 0 Å². The van der Waals surface area contributed by atoms with Crippen LogP contribution in [0.5, 0.6) is 0 Å². The number of carboxylic acids is 1. The zero-order chi connectivity index (χ0) is 18.7. The van der Waals surface area contributed by atoms with E-state index in [0.717, 1.165) is 13.2 Å². The number of aliphatic hydroxyl groups excluding tert-OH is 6. The Hall–Kier alpha value is -1.82. The molecule has 0 saturated carbocycles. The van der Waals surface area contributed by atoms with E-state index in [1.165, 1.54) is 0 Å². The minimum Gasteiger partial charge on any atom is -0.478 e. The Labute approximate surface area is 132 Å². The van der Waals surface area contributed by atoms with Gasteiger partial charge in [-0.25, -0.2) is 9.59 Å². The van der Waals surface area contributed by atoms with Gasteiger partial charge in [0.2, 0.25) is 0 Å². The van der Waals surface area contributed by atoms with Crippen LogP contribution in [0.3, 0.4) is 0 Å². The van der Waals surface area contributed by atoms with Crippen molar-refractivity contribution >= 4 is 11.9 Å². The van der Waals surface area contributed by atoms with Crippen LogP contribution >= 0.6 is 0 Å². The monoisotopic (exact) mass is 338 g/mol. The van der Waals surface area contributed by atoms with Gasteiger partial charge < -0.3 is 40.5 Å². The van der Waals surface area contributed by atoms with E-state index in [9.17, 15) is 30.0 Å². The van der Waals surface area contributed by atoms with E-state index < -0.39 is 54.6 Å². The smallest absolute Gasteiger partial charge is 0.335 e. The predicted molar refractivity (Wildman–Crippen MR) is 76.1 cm³/mol. The highest BCUT2D eigenvalue weighted by Crippen LogP contribution is 2.14. The first-order chi connectivity index (χ1) is 10.5. The molecule has 0 radical (unpaired) electrons. The largest absolute Gasteiger partial charge is 0.478 e. The molecule has 0 aliphatic rings. The van der Waals surface area contributed by atoms with Gasteiger partial charge in [0.25, 0.3) is 0 Å². The minimum atomic E-state index is -1.98. The number of aliphatic carboxylic acids is 1. The Kier molecular flexibility index (Phi) is 11.9. The SMILES string of the molecule is C=C(C(=O)OC)C(O)[C@H](O)[C@@H](O)[C@H](O)[C@H](O)CO.C=CC(=O)O. The van der Waals surface area contributed by atoms with E-state index in [1.54, 1.807) is 0 Å². The fourth-order valence-electron chi connectivity index (χ4n) is 1.18. The zero-order valence-corrected chi connectivity index (χ0v) is 12.4. The van der Waals surface area contributed by atoms with Crippen molar-refractivity contribution in [3.8, 4) is 0 Å². The second kappa shape index (κ2) is 11.7. The first kappa shape index (κ1) is 23.4. The topological polar surface area (TPSA) is 185 Å². The van der Waals surface area contributed by atoms with Crippen molar-refractivity contribution in [1.82, 2.24) is 0 Å². The van der Waals surface area contributed by atoms with E-state index in [-0.39, 0.29) is 0 Å². The third kappa shape index (κ3) is 8.40. The van der Waals surface area contributed by atoms with Crippen molar-refractivity contribution in [2.45, 2.75) is 30.5 Å². The molecule has 0 heterocycles. The van der Waals surface area contributed by atoms with E-state index in [4.69, 9.17) is 15.3 Å². The highest BCUT2D eigenvalue weighted by molar-refractivity contribution is 5.88. The normalized spacial score (nSPS) is 16.7. The Bertz CT molecular complexity index is 408. The lowest BCUT2D eigenvalue weighted by atomic mass is 9.96. The van der Waals surface area contributed by atoms with Crippen LogP contribution in [0.15, 0.2) is 24.8 Å². The van der Waals surface area contributed by atoms with Gasteiger partial charge in [0.1, 0.15) is 30.5 Å². The highest BCUT2D eigenvalue weighted by Gasteiger charge is 2.36. The number of aliphatic hydroxyl groups is 6. The molecule has 10 heteroatoms. The molecule has 23 heavy (non-hydrogen) atoms. The minimum absolute atomic E-state index is 0.519. The highest BCUT2D eigenvalue weighted by atomic mass is 16.5. The lowest BCUT2D eigenvalue weighted by Crippen LogP contribution is -2.50. The molecule has 5 atom stereocenters. The number of carbonyl (C=O) groups excluding carboxylic acids is 1. The molecule has 1 unspecified atom stereocenters. The summed E-state index contributed by atoms with van der Waals surface area (Å²) >= 11 is 0. The van der Waals surface area contributed by atoms with E-state index in [1.807, 2.05) is 0 Å². The second-order valence-corrected chi connectivity index (χ2v) is 4.23. The molecule has 134 valence electrons. The van der Waals surface area contributed by atoms with E-state index in [0.29, 0.717) is 0 Å². The molecule has 0 rings (SSSR count). The zero-order valence-electron chi connectivity index (χ0n) is 12.4. The van der Waals surface area contributed by atoms with Gasteiger partial charge in [0.15, 0.2) is 0 Å². The first-order valence-corrected chi connectivity index (χ1v) is 6.18. The van der Waals surface area contributed by atoms with Crippen LogP contribution in [-0.4, -0.2) is 91.9 Å². The van der Waals surface area contributed by atoms with Crippen molar-refractivity contribution in [2.75, 3.05) is 13.7 Å². The molecular formula is C13H22O10. The number of hydrogen-bond donors (Lipinski definition) is 7. The van der Waals surface area contributed by atoms with Crippen molar-refractivity contribution in [2.24, 2.45) is 0 Å². The van der Waals surface area contributed by atoms with Gasteiger partial charge in [-0.1, -0.05) is 13.2 Å². The van der Waals surface area contributed by atoms with Crippen molar-refractivity contribution in [1.29, 1.82) is 0 Å². The summed E-state index contributed by atoms with van der Waals surface area (Å²) in [6.07, 6.45) is -8.61. The molecule has 10 nitrogen and oxygen atoms in total. The summed E-state index contributed by atoms with van der Waals surface area (Å²) in [4.78, 5) is 20.3. The molecule has 0 aromatic heterocycles. The van der Waals surface area contributed by atoms with Crippen LogP contribution in [0.1, 0.15) is 0 Å². The summed E-state index contributed by atoms with van der Waals surface area (Å²) in [7, 11) is 1.04. The molecule has 0 fully saturated rings. The first-order valence-electron chi connectivity index (χ1n) is 6.18. The number of carbonyl (C=O) groups is 2. The van der Waals surface area contributed by atoms with Crippen LogP contribution < -0.4 is 0 Å². The van der Waals surface area contributed by atoms with E-state index >= 15 is 0 Å². The maximum absolute atomic E-state index is 11.0. The Morgan fingerprint density at radius 2 is 1.52 bits per heavy atom. The van der Waals surface area contributed by atoms with Crippen LogP contribution in [-0.2, 0) is 14.3 Å². The Balaban J connectivity index is 0. The van der Waals surface area contributed by atoms with Gasteiger partial charge in [-0.2, -0.15) is 0 Å². The van der Waals surface area contributed by atoms with Crippen molar-refractivity contribution < 1.29 is 50.1 Å². The molecule has 0 saturated heterocycles. The van der Waals surface area contributed by atoms with Crippen LogP contribution in [0, 0.1) is 0 Å².